The van der Waals surface area contributed by atoms with Crippen LogP contribution in [0.3, 0.4) is 0 Å². The third kappa shape index (κ3) is 2.31. The maximum atomic E-state index is 13.0. The lowest BCUT2D eigenvalue weighted by Gasteiger charge is -2.08. The molecule has 2 N–H and O–H groups in total. The molecule has 4 heterocycles. The zero-order valence-corrected chi connectivity index (χ0v) is 13.3. The molecule has 4 aromatic rings. The van der Waals surface area contributed by atoms with E-state index >= 15 is 0 Å². The average molecular weight is 345 g/mol. The number of nitrogens with one attached hydrogen (secondary N) is 2. The molecule has 0 radical (unpaired) electrons. The number of fused-ring (bicyclic) bond motifs is 2. The first-order valence-corrected chi connectivity index (χ1v) is 7.37. The fourth-order valence-electron chi connectivity index (χ4n) is 2.62. The van der Waals surface area contributed by atoms with Crippen molar-refractivity contribution in [2.45, 2.75) is 6.55 Å². The summed E-state index contributed by atoms with van der Waals surface area (Å²) in [7, 11) is 3.46. The lowest BCUT2D eigenvalue weighted by molar-refractivity contribution is 0.0587. The molecule has 0 unspecified atom stereocenters. The maximum Gasteiger partial charge on any atom is 0.336 e. The van der Waals surface area contributed by atoms with Crippen LogP contribution in [0.1, 0.15) is 6.55 Å². The highest BCUT2D eigenvalue weighted by molar-refractivity contribution is 5.89. The van der Waals surface area contributed by atoms with Gasteiger partial charge in [0.05, 0.1) is 5.69 Å². The van der Waals surface area contributed by atoms with Gasteiger partial charge in [0.1, 0.15) is 11.0 Å². The third-order valence-electron chi connectivity index (χ3n) is 3.75. The van der Waals surface area contributed by atoms with E-state index in [1.165, 1.54) is 0 Å². The van der Waals surface area contributed by atoms with Crippen molar-refractivity contribution in [2.24, 2.45) is 0 Å². The molecule has 0 amide bonds. The number of hydrogen-bond donors (Lipinski definition) is 2. The predicted molar refractivity (Wildman–Crippen MR) is 87.7 cm³/mol. The fourth-order valence-corrected chi connectivity index (χ4v) is 2.62. The second-order valence-corrected chi connectivity index (χ2v) is 5.16. The van der Waals surface area contributed by atoms with Gasteiger partial charge < -0.3 is 10.6 Å². The van der Waals surface area contributed by atoms with Gasteiger partial charge in [-0.3, -0.25) is 0 Å². The number of alkyl halides is 2. The van der Waals surface area contributed by atoms with Crippen molar-refractivity contribution >= 4 is 28.4 Å². The average Bonchev–Trinajstić information content (AvgIpc) is 3.24. The summed E-state index contributed by atoms with van der Waals surface area (Å²) in [5.74, 6) is 1.03. The summed E-state index contributed by atoms with van der Waals surface area (Å²) in [6.45, 7) is -2.81. The minimum Gasteiger partial charge on any atom is -0.371 e. The van der Waals surface area contributed by atoms with Gasteiger partial charge in [0.2, 0.25) is 5.95 Å². The Hall–Kier alpha value is -3.37. The number of anilines is 2. The van der Waals surface area contributed by atoms with Crippen LogP contribution in [-0.4, -0.2) is 48.7 Å². The SMILES string of the molecule is CNc1nc(NC)c2c(-c3ccc4nnn(C(F)F)c4n3)ccn2n1. The van der Waals surface area contributed by atoms with Gasteiger partial charge in [-0.25, -0.2) is 9.50 Å². The number of rotatable bonds is 4. The predicted octanol–water partition coefficient (Wildman–Crippen LogP) is 2.01. The van der Waals surface area contributed by atoms with E-state index in [1.807, 2.05) is 0 Å². The van der Waals surface area contributed by atoms with Gasteiger partial charge in [0, 0.05) is 25.9 Å². The van der Waals surface area contributed by atoms with E-state index in [1.54, 1.807) is 43.0 Å². The third-order valence-corrected chi connectivity index (χ3v) is 3.75. The Kier molecular flexibility index (Phi) is 3.41. The molecular formula is C14H13F2N9. The van der Waals surface area contributed by atoms with E-state index in [4.69, 9.17) is 0 Å². The van der Waals surface area contributed by atoms with Gasteiger partial charge in [-0.15, -0.1) is 10.2 Å². The standard InChI is InChI=1S/C14H13F2N9/c1-17-11-10-7(5-6-24(10)22-14(18-2)20-11)8-3-4-9-12(19-8)25(13(15)16)23-21-9/h3-6,13H,1-2H3,(H2,17,18,20,22). The highest BCUT2D eigenvalue weighted by atomic mass is 19.3. The number of hydrogen-bond acceptors (Lipinski definition) is 7. The fraction of sp³-hybridized carbons (Fsp3) is 0.214. The largest absolute Gasteiger partial charge is 0.371 e. The summed E-state index contributed by atoms with van der Waals surface area (Å²) in [5.41, 5.74) is 2.21. The Morgan fingerprint density at radius 3 is 2.64 bits per heavy atom. The van der Waals surface area contributed by atoms with Crippen LogP contribution in [0.5, 0.6) is 0 Å². The Morgan fingerprint density at radius 1 is 1.08 bits per heavy atom. The number of halogens is 2. The molecule has 0 aliphatic carbocycles. The normalized spacial score (nSPS) is 11.6. The summed E-state index contributed by atoms with van der Waals surface area (Å²) in [4.78, 5) is 8.68. The quantitative estimate of drug-likeness (QED) is 0.584. The first kappa shape index (κ1) is 15.2. The van der Waals surface area contributed by atoms with Crippen LogP contribution in [0.2, 0.25) is 0 Å². The molecule has 25 heavy (non-hydrogen) atoms. The molecule has 0 saturated heterocycles. The minimum absolute atomic E-state index is 0.0191. The Balaban J connectivity index is 1.95. The van der Waals surface area contributed by atoms with Crippen LogP contribution < -0.4 is 10.6 Å². The molecule has 128 valence electrons. The first-order valence-electron chi connectivity index (χ1n) is 7.37. The molecular weight excluding hydrogens is 332 g/mol. The molecule has 11 heteroatoms. The van der Waals surface area contributed by atoms with E-state index in [0.29, 0.717) is 38.7 Å². The van der Waals surface area contributed by atoms with Gasteiger partial charge in [0.15, 0.2) is 11.5 Å². The van der Waals surface area contributed by atoms with Crippen LogP contribution >= 0.6 is 0 Å². The van der Waals surface area contributed by atoms with Crippen molar-refractivity contribution in [3.05, 3.63) is 24.4 Å². The molecule has 0 saturated carbocycles. The summed E-state index contributed by atoms with van der Waals surface area (Å²) in [5, 5.41) is 17.4. The molecule has 4 rings (SSSR count). The second-order valence-electron chi connectivity index (χ2n) is 5.16. The molecule has 0 aliphatic heterocycles. The van der Waals surface area contributed by atoms with Crippen LogP contribution in [0.15, 0.2) is 24.4 Å². The molecule has 0 atom stereocenters. The lowest BCUT2D eigenvalue weighted by Crippen LogP contribution is -2.06. The zero-order chi connectivity index (χ0) is 17.6. The van der Waals surface area contributed by atoms with Crippen molar-refractivity contribution in [3.63, 3.8) is 0 Å². The van der Waals surface area contributed by atoms with Gasteiger partial charge in [-0.05, 0) is 18.2 Å². The van der Waals surface area contributed by atoms with Crippen LogP contribution in [0, 0.1) is 0 Å². The monoisotopic (exact) mass is 345 g/mol. The van der Waals surface area contributed by atoms with Gasteiger partial charge >= 0.3 is 6.55 Å². The number of aromatic nitrogens is 7. The van der Waals surface area contributed by atoms with Gasteiger partial charge in [-0.1, -0.05) is 5.21 Å². The molecule has 0 fully saturated rings. The maximum absolute atomic E-state index is 13.0. The summed E-state index contributed by atoms with van der Waals surface area (Å²) in [6, 6.07) is 5.11. The van der Waals surface area contributed by atoms with E-state index in [2.05, 4.69) is 36.0 Å². The van der Waals surface area contributed by atoms with E-state index in [9.17, 15) is 8.78 Å². The summed E-state index contributed by atoms with van der Waals surface area (Å²) < 4.78 is 28.2. The van der Waals surface area contributed by atoms with Crippen LogP contribution in [0.25, 0.3) is 27.9 Å². The molecule has 0 aliphatic rings. The molecule has 4 aromatic heterocycles. The molecule has 9 nitrogen and oxygen atoms in total. The highest BCUT2D eigenvalue weighted by Gasteiger charge is 2.18. The summed E-state index contributed by atoms with van der Waals surface area (Å²) in [6.07, 6.45) is 1.75. The van der Waals surface area contributed by atoms with Gasteiger partial charge in [0.25, 0.3) is 0 Å². The van der Waals surface area contributed by atoms with E-state index in [-0.39, 0.29) is 5.65 Å². The minimum atomic E-state index is -2.81. The molecule has 0 spiro atoms. The van der Waals surface area contributed by atoms with Crippen molar-refractivity contribution in [2.75, 3.05) is 24.7 Å². The molecule has 0 bridgehead atoms. The summed E-state index contributed by atoms with van der Waals surface area (Å²) >= 11 is 0. The van der Waals surface area contributed by atoms with Crippen molar-refractivity contribution < 1.29 is 8.78 Å². The lowest BCUT2D eigenvalue weighted by atomic mass is 10.2. The number of pyridine rings is 1. The highest BCUT2D eigenvalue weighted by Crippen LogP contribution is 2.30. The van der Waals surface area contributed by atoms with E-state index < -0.39 is 6.55 Å². The smallest absolute Gasteiger partial charge is 0.336 e. The molecule has 0 aromatic carbocycles. The zero-order valence-electron chi connectivity index (χ0n) is 13.3. The topological polar surface area (TPSA) is 97.8 Å². The van der Waals surface area contributed by atoms with E-state index in [0.717, 1.165) is 0 Å². The second kappa shape index (κ2) is 5.61. The van der Waals surface area contributed by atoms with Gasteiger partial charge in [-0.2, -0.15) is 18.4 Å². The van der Waals surface area contributed by atoms with Crippen molar-refractivity contribution in [1.82, 2.24) is 34.6 Å². The first-order chi connectivity index (χ1) is 12.1. The van der Waals surface area contributed by atoms with Crippen molar-refractivity contribution in [1.29, 1.82) is 0 Å². The number of nitrogens with zero attached hydrogens (tertiary/aromatic N) is 7. The Morgan fingerprint density at radius 2 is 1.92 bits per heavy atom. The van der Waals surface area contributed by atoms with Crippen molar-refractivity contribution in [3.8, 4) is 11.3 Å². The van der Waals surface area contributed by atoms with Crippen LogP contribution in [-0.2, 0) is 0 Å². The Labute approximate surface area is 139 Å². The Bertz CT molecular complexity index is 1070. The van der Waals surface area contributed by atoms with Crippen LogP contribution in [0.4, 0.5) is 20.5 Å².